The predicted octanol–water partition coefficient (Wildman–Crippen LogP) is 2.31. The molecule has 0 aliphatic heterocycles. The van der Waals surface area contributed by atoms with Crippen LogP contribution in [0.15, 0.2) is 30.5 Å². The summed E-state index contributed by atoms with van der Waals surface area (Å²) in [4.78, 5) is 8.74. The van der Waals surface area contributed by atoms with Crippen LogP contribution in [0.1, 0.15) is 22.9 Å². The van der Waals surface area contributed by atoms with E-state index in [-0.39, 0.29) is 6.04 Å². The highest BCUT2D eigenvalue weighted by molar-refractivity contribution is 5.31. The number of nitrogens with one attached hydrogen (secondary N) is 1. The van der Waals surface area contributed by atoms with Crippen molar-refractivity contribution in [3.05, 3.63) is 47.3 Å². The zero-order valence-corrected chi connectivity index (χ0v) is 12.9. The molecule has 0 aliphatic carbocycles. The maximum atomic E-state index is 5.34. The summed E-state index contributed by atoms with van der Waals surface area (Å²) >= 11 is 0. The molecule has 0 fully saturated rings. The van der Waals surface area contributed by atoms with E-state index < -0.39 is 0 Å². The van der Waals surface area contributed by atoms with Crippen molar-refractivity contribution in [3.63, 3.8) is 0 Å². The molecule has 0 saturated heterocycles. The van der Waals surface area contributed by atoms with E-state index in [1.807, 2.05) is 19.2 Å². The second-order valence-corrected chi connectivity index (χ2v) is 4.78. The molecule has 21 heavy (non-hydrogen) atoms. The number of aromatic nitrogens is 2. The summed E-state index contributed by atoms with van der Waals surface area (Å²) in [6.07, 6.45) is 2.43. The van der Waals surface area contributed by atoms with Crippen molar-refractivity contribution in [1.29, 1.82) is 0 Å². The molecule has 0 radical (unpaired) electrons. The van der Waals surface area contributed by atoms with Crippen LogP contribution in [0.25, 0.3) is 0 Å². The number of hydrogen-bond acceptors (Lipinski definition) is 5. The number of ether oxygens (including phenoxy) is 2. The third-order valence-corrected chi connectivity index (χ3v) is 3.51. The number of methoxy groups -OCH3 is 2. The summed E-state index contributed by atoms with van der Waals surface area (Å²) in [5, 5.41) is 3.28. The Labute approximate surface area is 125 Å². The fourth-order valence-electron chi connectivity index (χ4n) is 2.25. The fraction of sp³-hybridized carbons (Fsp3) is 0.375. The second-order valence-electron chi connectivity index (χ2n) is 4.78. The second kappa shape index (κ2) is 7.04. The van der Waals surface area contributed by atoms with E-state index in [9.17, 15) is 0 Å². The number of nitrogens with zero attached hydrogens (tertiary/aromatic N) is 2. The van der Waals surface area contributed by atoms with Gasteiger partial charge in [-0.1, -0.05) is 24.3 Å². The highest BCUT2D eigenvalue weighted by Gasteiger charge is 2.19. The SMILES string of the molecule is CNC(Cc1ccccc1C)c1ncc(OC)nc1OC. The van der Waals surface area contributed by atoms with Gasteiger partial charge in [-0.25, -0.2) is 4.98 Å². The van der Waals surface area contributed by atoms with Gasteiger partial charge in [0.1, 0.15) is 5.69 Å². The molecule has 1 atom stereocenters. The number of hydrogen-bond donors (Lipinski definition) is 1. The Morgan fingerprint density at radius 1 is 1.19 bits per heavy atom. The van der Waals surface area contributed by atoms with Gasteiger partial charge < -0.3 is 14.8 Å². The first kappa shape index (κ1) is 15.3. The molecule has 5 nitrogen and oxygen atoms in total. The van der Waals surface area contributed by atoms with Crippen molar-refractivity contribution in [3.8, 4) is 11.8 Å². The highest BCUT2D eigenvalue weighted by atomic mass is 16.5. The average Bonchev–Trinajstić information content (AvgIpc) is 2.53. The Hall–Kier alpha value is -2.14. The molecule has 1 unspecified atom stereocenters. The van der Waals surface area contributed by atoms with E-state index in [2.05, 4.69) is 34.3 Å². The zero-order chi connectivity index (χ0) is 15.2. The molecule has 1 N–H and O–H groups in total. The Bertz CT molecular complexity index is 602. The minimum atomic E-state index is 0.0273. The third-order valence-electron chi connectivity index (χ3n) is 3.51. The predicted molar refractivity (Wildman–Crippen MR) is 81.8 cm³/mol. The number of benzene rings is 1. The Kier molecular flexibility index (Phi) is 5.11. The first-order chi connectivity index (χ1) is 10.2. The third kappa shape index (κ3) is 3.49. The molecule has 2 aromatic rings. The van der Waals surface area contributed by atoms with Gasteiger partial charge in [0, 0.05) is 0 Å². The zero-order valence-electron chi connectivity index (χ0n) is 12.9. The van der Waals surface area contributed by atoms with Gasteiger partial charge in [0.05, 0.1) is 26.5 Å². The van der Waals surface area contributed by atoms with E-state index in [0.717, 1.165) is 12.1 Å². The minimum Gasteiger partial charge on any atom is -0.480 e. The van der Waals surface area contributed by atoms with Gasteiger partial charge in [-0.05, 0) is 31.5 Å². The van der Waals surface area contributed by atoms with Crippen LogP contribution < -0.4 is 14.8 Å². The largest absolute Gasteiger partial charge is 0.480 e. The van der Waals surface area contributed by atoms with Gasteiger partial charge in [-0.15, -0.1) is 0 Å². The molecule has 0 saturated carbocycles. The van der Waals surface area contributed by atoms with Crippen LogP contribution in [-0.4, -0.2) is 31.2 Å². The maximum Gasteiger partial charge on any atom is 0.240 e. The standard InChI is InChI=1S/C16H21N3O2/c1-11-7-5-6-8-12(11)9-13(17-2)15-16(21-4)19-14(20-3)10-18-15/h5-8,10,13,17H,9H2,1-4H3. The van der Waals surface area contributed by atoms with Crippen LogP contribution in [-0.2, 0) is 6.42 Å². The van der Waals surface area contributed by atoms with E-state index in [1.54, 1.807) is 20.4 Å². The van der Waals surface area contributed by atoms with Crippen LogP contribution in [0.3, 0.4) is 0 Å². The summed E-state index contributed by atoms with van der Waals surface area (Å²) in [7, 11) is 5.06. The first-order valence-corrected chi connectivity index (χ1v) is 6.86. The highest BCUT2D eigenvalue weighted by Crippen LogP contribution is 2.26. The van der Waals surface area contributed by atoms with E-state index in [0.29, 0.717) is 11.8 Å². The normalized spacial score (nSPS) is 12.0. The van der Waals surface area contributed by atoms with Gasteiger partial charge in [0.15, 0.2) is 0 Å². The number of aryl methyl sites for hydroxylation is 1. The van der Waals surface area contributed by atoms with Crippen LogP contribution >= 0.6 is 0 Å². The molecule has 0 bridgehead atoms. The van der Waals surface area contributed by atoms with Crippen LogP contribution in [0, 0.1) is 6.92 Å². The lowest BCUT2D eigenvalue weighted by atomic mass is 9.99. The molecule has 1 aromatic carbocycles. The molecule has 0 aliphatic rings. The van der Waals surface area contributed by atoms with Gasteiger partial charge >= 0.3 is 0 Å². The van der Waals surface area contributed by atoms with Crippen molar-refractivity contribution in [2.45, 2.75) is 19.4 Å². The van der Waals surface area contributed by atoms with Crippen molar-refractivity contribution < 1.29 is 9.47 Å². The van der Waals surface area contributed by atoms with Crippen LogP contribution in [0.2, 0.25) is 0 Å². The van der Waals surface area contributed by atoms with E-state index >= 15 is 0 Å². The fourth-order valence-corrected chi connectivity index (χ4v) is 2.25. The molecular formula is C16H21N3O2. The van der Waals surface area contributed by atoms with Crippen molar-refractivity contribution in [2.24, 2.45) is 0 Å². The van der Waals surface area contributed by atoms with Crippen molar-refractivity contribution >= 4 is 0 Å². The lowest BCUT2D eigenvalue weighted by Crippen LogP contribution is -2.21. The maximum absolute atomic E-state index is 5.34. The molecule has 0 spiro atoms. The Morgan fingerprint density at radius 2 is 1.95 bits per heavy atom. The van der Waals surface area contributed by atoms with Crippen molar-refractivity contribution in [1.82, 2.24) is 15.3 Å². The molecule has 1 aromatic heterocycles. The molecule has 1 heterocycles. The van der Waals surface area contributed by atoms with Gasteiger partial charge in [0.25, 0.3) is 0 Å². The topological polar surface area (TPSA) is 56.3 Å². The van der Waals surface area contributed by atoms with Crippen LogP contribution in [0.4, 0.5) is 0 Å². The molecule has 0 amide bonds. The number of likely N-dealkylation sites (N-methyl/N-ethyl adjacent to an activating group) is 1. The summed E-state index contributed by atoms with van der Waals surface area (Å²) in [6, 6.07) is 8.36. The minimum absolute atomic E-state index is 0.0273. The lowest BCUT2D eigenvalue weighted by molar-refractivity contribution is 0.350. The summed E-state index contributed by atoms with van der Waals surface area (Å²) in [5.41, 5.74) is 3.32. The molecular weight excluding hydrogens is 266 g/mol. The summed E-state index contributed by atoms with van der Waals surface area (Å²) in [6.45, 7) is 2.11. The van der Waals surface area contributed by atoms with Gasteiger partial charge in [-0.2, -0.15) is 4.98 Å². The summed E-state index contributed by atoms with van der Waals surface area (Å²) < 4.78 is 10.4. The van der Waals surface area contributed by atoms with Gasteiger partial charge in [0.2, 0.25) is 11.8 Å². The monoisotopic (exact) mass is 287 g/mol. The van der Waals surface area contributed by atoms with E-state index in [1.165, 1.54) is 11.1 Å². The van der Waals surface area contributed by atoms with Gasteiger partial charge in [-0.3, -0.25) is 0 Å². The smallest absolute Gasteiger partial charge is 0.240 e. The number of rotatable bonds is 6. The molecule has 112 valence electrons. The molecule has 5 heteroatoms. The molecule has 2 rings (SSSR count). The Morgan fingerprint density at radius 3 is 2.57 bits per heavy atom. The quantitative estimate of drug-likeness (QED) is 0.883. The van der Waals surface area contributed by atoms with Crippen LogP contribution in [0.5, 0.6) is 11.8 Å². The Balaban J connectivity index is 2.31. The summed E-state index contributed by atoms with van der Waals surface area (Å²) in [5.74, 6) is 0.934. The first-order valence-electron chi connectivity index (χ1n) is 6.86. The average molecular weight is 287 g/mol. The van der Waals surface area contributed by atoms with Crippen molar-refractivity contribution in [2.75, 3.05) is 21.3 Å². The lowest BCUT2D eigenvalue weighted by Gasteiger charge is -2.19. The van der Waals surface area contributed by atoms with E-state index in [4.69, 9.17) is 9.47 Å².